The maximum Gasteiger partial charge on any atom is 0.330 e. The summed E-state index contributed by atoms with van der Waals surface area (Å²) in [6.45, 7) is 8.86. The minimum Gasteiger partial charge on any atom is -0.493 e. The van der Waals surface area contributed by atoms with E-state index in [-0.39, 0.29) is 19.1 Å². The Hall–Kier alpha value is -6.16. The minimum atomic E-state index is -0.447. The third-order valence-electron chi connectivity index (χ3n) is 7.76. The van der Waals surface area contributed by atoms with Crippen LogP contribution in [0.1, 0.15) is 35.4 Å². The van der Waals surface area contributed by atoms with Crippen molar-refractivity contribution in [2.45, 2.75) is 25.4 Å². The second-order valence-electron chi connectivity index (χ2n) is 11.2. The largest absolute Gasteiger partial charge is 0.493 e. The Morgan fingerprint density at radius 2 is 1.30 bits per heavy atom. The lowest BCUT2D eigenvalue weighted by molar-refractivity contribution is -0.138. The Bertz CT molecular complexity index is 1880. The van der Waals surface area contributed by atoms with E-state index in [1.807, 2.05) is 66.8 Å². The van der Waals surface area contributed by atoms with E-state index in [1.165, 1.54) is 0 Å². The van der Waals surface area contributed by atoms with Gasteiger partial charge in [-0.05, 0) is 88.0 Å². The maximum absolute atomic E-state index is 11.1. The molecule has 3 aromatic carbocycles. The molecule has 0 heterocycles. The lowest BCUT2D eigenvalue weighted by atomic mass is 9.98. The van der Waals surface area contributed by atoms with Gasteiger partial charge in [-0.15, -0.1) is 6.42 Å². The Kier molecular flexibility index (Phi) is 12.5. The SMILES string of the molecule is C#CC1c2cc(OCC3=CC=C=C(OCCCOC(=O)C=C)C=C3)ccc2-c2ccc(OCc3ccc(OCCCOC(=O)C=C)cc3)cc21. The molecule has 0 spiro atoms. The Labute approximate surface area is 292 Å². The van der Waals surface area contributed by atoms with Gasteiger partial charge in [-0.25, -0.2) is 9.59 Å². The third kappa shape index (κ3) is 9.70. The highest BCUT2D eigenvalue weighted by atomic mass is 16.5. The van der Waals surface area contributed by atoms with Gasteiger partial charge in [0.1, 0.15) is 30.5 Å². The second kappa shape index (κ2) is 17.8. The van der Waals surface area contributed by atoms with Gasteiger partial charge >= 0.3 is 11.9 Å². The molecule has 0 aromatic heterocycles. The van der Waals surface area contributed by atoms with Crippen LogP contribution >= 0.6 is 0 Å². The van der Waals surface area contributed by atoms with Gasteiger partial charge in [0.05, 0.1) is 32.3 Å². The van der Waals surface area contributed by atoms with E-state index in [0.717, 1.165) is 62.8 Å². The number of hydrogen-bond donors (Lipinski definition) is 0. The zero-order valence-corrected chi connectivity index (χ0v) is 27.7. The van der Waals surface area contributed by atoms with Crippen LogP contribution in [0.2, 0.25) is 0 Å². The molecule has 1 atom stereocenters. The van der Waals surface area contributed by atoms with Gasteiger partial charge in [-0.1, -0.05) is 55.2 Å². The summed E-state index contributed by atoms with van der Waals surface area (Å²) in [5.41, 5.74) is 9.24. The summed E-state index contributed by atoms with van der Waals surface area (Å²) in [5, 5.41) is 0. The molecule has 8 heteroatoms. The smallest absolute Gasteiger partial charge is 0.330 e. The van der Waals surface area contributed by atoms with Gasteiger partial charge in [-0.3, -0.25) is 0 Å². The fraction of sp³-hybridized carbons (Fsp3) is 0.214. The number of allylic oxidation sites excluding steroid dienone is 2. The second-order valence-corrected chi connectivity index (χ2v) is 11.2. The maximum atomic E-state index is 11.1. The van der Waals surface area contributed by atoms with Crippen molar-refractivity contribution in [3.63, 3.8) is 0 Å². The van der Waals surface area contributed by atoms with Crippen molar-refractivity contribution < 1.29 is 38.0 Å². The molecule has 50 heavy (non-hydrogen) atoms. The first-order valence-corrected chi connectivity index (χ1v) is 16.2. The number of terminal acetylenes is 1. The fourth-order valence-electron chi connectivity index (χ4n) is 5.25. The van der Waals surface area contributed by atoms with Gasteiger partial charge in [0.25, 0.3) is 0 Å². The van der Waals surface area contributed by atoms with Crippen LogP contribution in [0.15, 0.2) is 127 Å². The van der Waals surface area contributed by atoms with E-state index in [4.69, 9.17) is 34.8 Å². The summed E-state index contributed by atoms with van der Waals surface area (Å²) in [6, 6.07) is 19.7. The van der Waals surface area contributed by atoms with Gasteiger partial charge in [0.2, 0.25) is 0 Å². The number of hydrogen-bond acceptors (Lipinski definition) is 8. The highest BCUT2D eigenvalue weighted by Crippen LogP contribution is 2.47. The quantitative estimate of drug-likeness (QED) is 0.0451. The molecule has 0 bridgehead atoms. The minimum absolute atomic E-state index is 0.229. The standard InChI is InChI=1S/C42H38O8/c1-4-36-39-26-34(49-28-30-10-7-11-32(15-12-30)45-22-8-24-47-41(43)5-2)18-20-37(39)38-21-19-35(27-40(36)38)50-29-31-13-16-33(17-14-31)46-23-9-25-48-42(44)6-3/h1,5-7,10,12-21,26-27,36H,2-3,8-9,22-25,28-29H2. The zero-order chi connectivity index (χ0) is 35.1. The monoisotopic (exact) mass is 670 g/mol. The number of carbonyl (C=O) groups excluding carboxylic acids is 2. The molecule has 0 amide bonds. The molecule has 3 aromatic rings. The summed E-state index contributed by atoms with van der Waals surface area (Å²) in [5.74, 6) is 4.62. The molecule has 0 N–H and O–H groups in total. The number of fused-ring (bicyclic) bond motifs is 3. The highest BCUT2D eigenvalue weighted by Gasteiger charge is 2.28. The first-order valence-electron chi connectivity index (χ1n) is 16.2. The molecular formula is C42H38O8. The summed E-state index contributed by atoms with van der Waals surface area (Å²) < 4.78 is 33.7. The zero-order valence-electron chi connectivity index (χ0n) is 27.7. The number of carbonyl (C=O) groups is 2. The van der Waals surface area contributed by atoms with Crippen LogP contribution in [0.25, 0.3) is 11.1 Å². The molecule has 0 radical (unpaired) electrons. The topological polar surface area (TPSA) is 89.5 Å². The van der Waals surface area contributed by atoms with Crippen molar-refractivity contribution in [2.75, 3.05) is 33.0 Å². The number of benzene rings is 3. The van der Waals surface area contributed by atoms with Crippen LogP contribution in [-0.4, -0.2) is 45.0 Å². The third-order valence-corrected chi connectivity index (χ3v) is 7.76. The van der Waals surface area contributed by atoms with E-state index in [2.05, 4.69) is 36.9 Å². The first-order chi connectivity index (χ1) is 24.5. The molecule has 0 saturated carbocycles. The predicted molar refractivity (Wildman–Crippen MR) is 191 cm³/mol. The van der Waals surface area contributed by atoms with E-state index in [1.54, 1.807) is 6.08 Å². The van der Waals surface area contributed by atoms with Crippen molar-refractivity contribution in [1.82, 2.24) is 0 Å². The van der Waals surface area contributed by atoms with E-state index in [0.29, 0.717) is 45.0 Å². The summed E-state index contributed by atoms with van der Waals surface area (Å²) in [6.07, 6.45) is 17.0. The molecule has 0 saturated heterocycles. The molecule has 0 aliphatic heterocycles. The summed E-state index contributed by atoms with van der Waals surface area (Å²) in [7, 11) is 0. The van der Waals surface area contributed by atoms with Gasteiger partial charge in [0.15, 0.2) is 5.76 Å². The van der Waals surface area contributed by atoms with E-state index < -0.39 is 11.9 Å². The predicted octanol–water partition coefficient (Wildman–Crippen LogP) is 7.56. The van der Waals surface area contributed by atoms with E-state index in [9.17, 15) is 9.59 Å². The molecule has 0 fully saturated rings. The van der Waals surface area contributed by atoms with Gasteiger partial charge in [0, 0.05) is 25.0 Å². The summed E-state index contributed by atoms with van der Waals surface area (Å²) >= 11 is 0. The van der Waals surface area contributed by atoms with Crippen molar-refractivity contribution in [1.29, 1.82) is 0 Å². The molecule has 2 aliphatic carbocycles. The Balaban J connectivity index is 1.10. The van der Waals surface area contributed by atoms with Crippen molar-refractivity contribution in [3.05, 3.63) is 144 Å². The Morgan fingerprint density at radius 3 is 1.90 bits per heavy atom. The lowest BCUT2D eigenvalue weighted by Gasteiger charge is -2.11. The van der Waals surface area contributed by atoms with Gasteiger partial charge in [-0.2, -0.15) is 0 Å². The van der Waals surface area contributed by atoms with E-state index >= 15 is 0 Å². The highest BCUT2D eigenvalue weighted by molar-refractivity contribution is 5.82. The first kappa shape index (κ1) is 35.2. The van der Waals surface area contributed by atoms with Crippen LogP contribution in [-0.2, 0) is 30.4 Å². The van der Waals surface area contributed by atoms with Gasteiger partial charge < -0.3 is 28.4 Å². The average molecular weight is 671 g/mol. The van der Waals surface area contributed by atoms with Crippen molar-refractivity contribution >= 4 is 11.9 Å². The van der Waals surface area contributed by atoms with Crippen LogP contribution in [0.5, 0.6) is 17.2 Å². The summed E-state index contributed by atoms with van der Waals surface area (Å²) in [4.78, 5) is 22.2. The number of rotatable bonds is 18. The molecule has 254 valence electrons. The fourth-order valence-corrected chi connectivity index (χ4v) is 5.25. The van der Waals surface area contributed by atoms with Crippen LogP contribution in [0, 0.1) is 12.3 Å². The normalized spacial score (nSPS) is 13.7. The van der Waals surface area contributed by atoms with Crippen molar-refractivity contribution in [3.8, 4) is 40.7 Å². The molecular weight excluding hydrogens is 632 g/mol. The lowest BCUT2D eigenvalue weighted by Crippen LogP contribution is -2.06. The number of esters is 2. The van der Waals surface area contributed by atoms with Crippen LogP contribution in [0.3, 0.4) is 0 Å². The molecule has 1 unspecified atom stereocenters. The van der Waals surface area contributed by atoms with Crippen molar-refractivity contribution in [2.24, 2.45) is 0 Å². The number of ether oxygens (including phenoxy) is 6. The van der Waals surface area contributed by atoms with Crippen LogP contribution in [0.4, 0.5) is 0 Å². The molecule has 5 rings (SSSR count). The van der Waals surface area contributed by atoms with Crippen LogP contribution < -0.4 is 14.2 Å². The Morgan fingerprint density at radius 1 is 0.720 bits per heavy atom. The molecule has 2 aliphatic rings. The average Bonchev–Trinajstić information content (AvgIpc) is 3.27. The molecule has 8 nitrogen and oxygen atoms in total.